The number of nitrogens with one attached hydrogen (secondary N) is 1. The molecule has 0 aliphatic rings. The van der Waals surface area contributed by atoms with Gasteiger partial charge in [0, 0.05) is 22.5 Å². The Morgan fingerprint density at radius 3 is 2.88 bits per heavy atom. The fourth-order valence-corrected chi connectivity index (χ4v) is 2.03. The number of aryl methyl sites for hydroxylation is 1. The summed E-state index contributed by atoms with van der Waals surface area (Å²) < 4.78 is 5.20. The van der Waals surface area contributed by atoms with Crippen molar-refractivity contribution in [1.29, 1.82) is 0 Å². The van der Waals surface area contributed by atoms with Crippen LogP contribution in [-0.4, -0.2) is 18.0 Å². The molecule has 2 aromatic rings. The quantitative estimate of drug-likeness (QED) is 0.622. The van der Waals surface area contributed by atoms with E-state index in [0.29, 0.717) is 0 Å². The third kappa shape index (κ3) is 2.50. The SMILES string of the molecule is COc1ccc2[nH]c(CCCCCl)cc2c1. The van der Waals surface area contributed by atoms with Gasteiger partial charge in [-0.15, -0.1) is 11.6 Å². The number of benzene rings is 1. The number of H-pyrrole nitrogens is 1. The van der Waals surface area contributed by atoms with Crippen LogP contribution in [-0.2, 0) is 6.42 Å². The van der Waals surface area contributed by atoms with Crippen LogP contribution in [0, 0.1) is 0 Å². The molecule has 1 N–H and O–H groups in total. The Morgan fingerprint density at radius 2 is 2.12 bits per heavy atom. The van der Waals surface area contributed by atoms with Crippen LogP contribution in [0.5, 0.6) is 5.75 Å². The first-order valence-corrected chi connectivity index (χ1v) is 6.08. The van der Waals surface area contributed by atoms with E-state index in [2.05, 4.69) is 23.2 Å². The van der Waals surface area contributed by atoms with E-state index in [1.165, 1.54) is 16.6 Å². The molecular weight excluding hydrogens is 222 g/mol. The Kier molecular flexibility index (Phi) is 3.73. The normalized spacial score (nSPS) is 10.9. The number of aromatic nitrogens is 1. The molecule has 1 heterocycles. The number of fused-ring (bicyclic) bond motifs is 1. The van der Waals surface area contributed by atoms with E-state index >= 15 is 0 Å². The number of halogens is 1. The maximum atomic E-state index is 5.66. The number of hydrogen-bond donors (Lipinski definition) is 1. The standard InChI is InChI=1S/C13H16ClNO/c1-16-12-5-6-13-10(9-12)8-11(15-13)4-2-3-7-14/h5-6,8-9,15H,2-4,7H2,1H3. The molecule has 0 saturated carbocycles. The van der Waals surface area contributed by atoms with E-state index < -0.39 is 0 Å². The first-order chi connectivity index (χ1) is 7.83. The van der Waals surface area contributed by atoms with Crippen molar-refractivity contribution < 1.29 is 4.74 Å². The monoisotopic (exact) mass is 237 g/mol. The van der Waals surface area contributed by atoms with Crippen LogP contribution in [0.2, 0.25) is 0 Å². The molecule has 0 aliphatic heterocycles. The Bertz CT molecular complexity index is 464. The molecule has 0 saturated heterocycles. The second-order valence-corrected chi connectivity index (χ2v) is 4.27. The lowest BCUT2D eigenvalue weighted by Gasteiger charge is -1.97. The third-order valence-corrected chi connectivity index (χ3v) is 2.98. The van der Waals surface area contributed by atoms with Gasteiger partial charge in [-0.25, -0.2) is 0 Å². The van der Waals surface area contributed by atoms with E-state index in [9.17, 15) is 0 Å². The van der Waals surface area contributed by atoms with Gasteiger partial charge < -0.3 is 9.72 Å². The van der Waals surface area contributed by atoms with Crippen molar-refractivity contribution >= 4 is 22.5 Å². The molecule has 0 atom stereocenters. The first-order valence-electron chi connectivity index (χ1n) is 5.55. The van der Waals surface area contributed by atoms with Crippen molar-refractivity contribution in [3.63, 3.8) is 0 Å². The largest absolute Gasteiger partial charge is 0.497 e. The molecule has 16 heavy (non-hydrogen) atoms. The molecule has 0 spiro atoms. The van der Waals surface area contributed by atoms with Gasteiger partial charge in [0.25, 0.3) is 0 Å². The van der Waals surface area contributed by atoms with Crippen LogP contribution < -0.4 is 4.74 Å². The first kappa shape index (κ1) is 11.3. The van der Waals surface area contributed by atoms with E-state index in [0.717, 1.165) is 30.9 Å². The topological polar surface area (TPSA) is 25.0 Å². The van der Waals surface area contributed by atoms with Crippen molar-refractivity contribution in [3.05, 3.63) is 30.0 Å². The number of alkyl halides is 1. The molecule has 0 amide bonds. The van der Waals surface area contributed by atoms with Gasteiger partial charge in [-0.2, -0.15) is 0 Å². The molecule has 0 fully saturated rings. The smallest absolute Gasteiger partial charge is 0.119 e. The highest BCUT2D eigenvalue weighted by atomic mass is 35.5. The lowest BCUT2D eigenvalue weighted by atomic mass is 10.2. The molecule has 86 valence electrons. The molecule has 0 radical (unpaired) electrons. The molecule has 0 aliphatic carbocycles. The van der Waals surface area contributed by atoms with Crippen LogP contribution in [0.1, 0.15) is 18.5 Å². The Labute approximate surface area is 101 Å². The summed E-state index contributed by atoms with van der Waals surface area (Å²) in [6.45, 7) is 0. The van der Waals surface area contributed by atoms with Gasteiger partial charge in [0.05, 0.1) is 7.11 Å². The predicted molar refractivity (Wildman–Crippen MR) is 68.5 cm³/mol. The lowest BCUT2D eigenvalue weighted by Crippen LogP contribution is -1.85. The lowest BCUT2D eigenvalue weighted by molar-refractivity contribution is 0.415. The van der Waals surface area contributed by atoms with E-state index in [-0.39, 0.29) is 0 Å². The molecule has 1 aromatic heterocycles. The average Bonchev–Trinajstić information content (AvgIpc) is 2.70. The molecule has 0 unspecified atom stereocenters. The van der Waals surface area contributed by atoms with Crippen molar-refractivity contribution in [2.24, 2.45) is 0 Å². The minimum absolute atomic E-state index is 0.744. The number of unbranched alkanes of at least 4 members (excludes halogenated alkanes) is 1. The summed E-state index contributed by atoms with van der Waals surface area (Å²) in [4.78, 5) is 3.41. The third-order valence-electron chi connectivity index (χ3n) is 2.71. The summed E-state index contributed by atoms with van der Waals surface area (Å²) in [7, 11) is 1.69. The van der Waals surface area contributed by atoms with Gasteiger partial charge in [0.1, 0.15) is 5.75 Å². The van der Waals surface area contributed by atoms with Crippen LogP contribution in [0.15, 0.2) is 24.3 Å². The van der Waals surface area contributed by atoms with Crippen molar-refractivity contribution in [2.75, 3.05) is 13.0 Å². The van der Waals surface area contributed by atoms with Crippen LogP contribution in [0.4, 0.5) is 0 Å². The second kappa shape index (κ2) is 5.26. The summed E-state index contributed by atoms with van der Waals surface area (Å²) >= 11 is 5.66. The zero-order chi connectivity index (χ0) is 11.4. The van der Waals surface area contributed by atoms with Gasteiger partial charge >= 0.3 is 0 Å². The predicted octanol–water partition coefficient (Wildman–Crippen LogP) is 3.74. The highest BCUT2D eigenvalue weighted by Gasteiger charge is 2.01. The van der Waals surface area contributed by atoms with Gasteiger partial charge in [0.2, 0.25) is 0 Å². The molecule has 1 aromatic carbocycles. The summed E-state index contributed by atoms with van der Waals surface area (Å²) in [5.41, 5.74) is 2.44. The van der Waals surface area contributed by atoms with E-state index in [1.807, 2.05) is 6.07 Å². The minimum Gasteiger partial charge on any atom is -0.497 e. The van der Waals surface area contributed by atoms with Crippen LogP contribution >= 0.6 is 11.6 Å². The van der Waals surface area contributed by atoms with Gasteiger partial charge in [-0.3, -0.25) is 0 Å². The van der Waals surface area contributed by atoms with Crippen molar-refractivity contribution in [1.82, 2.24) is 4.98 Å². The highest BCUT2D eigenvalue weighted by Crippen LogP contribution is 2.22. The Balaban J connectivity index is 2.16. The zero-order valence-corrected chi connectivity index (χ0v) is 10.2. The summed E-state index contributed by atoms with van der Waals surface area (Å²) in [6, 6.07) is 8.27. The molecular formula is C13H16ClNO. The van der Waals surface area contributed by atoms with Gasteiger partial charge in [-0.05, 0) is 43.5 Å². The number of methoxy groups -OCH3 is 1. The Hall–Kier alpha value is -1.15. The van der Waals surface area contributed by atoms with Crippen molar-refractivity contribution in [3.8, 4) is 5.75 Å². The number of aromatic amines is 1. The van der Waals surface area contributed by atoms with Gasteiger partial charge in [0.15, 0.2) is 0 Å². The summed E-state index contributed by atoms with van der Waals surface area (Å²) in [5.74, 6) is 1.65. The minimum atomic E-state index is 0.744. The second-order valence-electron chi connectivity index (χ2n) is 3.89. The Morgan fingerprint density at radius 1 is 1.25 bits per heavy atom. The van der Waals surface area contributed by atoms with E-state index in [1.54, 1.807) is 7.11 Å². The molecule has 0 bridgehead atoms. The molecule has 3 heteroatoms. The van der Waals surface area contributed by atoms with E-state index in [4.69, 9.17) is 16.3 Å². The molecule has 2 rings (SSSR count). The van der Waals surface area contributed by atoms with Crippen molar-refractivity contribution in [2.45, 2.75) is 19.3 Å². The highest BCUT2D eigenvalue weighted by molar-refractivity contribution is 6.17. The fourth-order valence-electron chi connectivity index (χ4n) is 1.84. The number of ether oxygens (including phenoxy) is 1. The molecule has 2 nitrogen and oxygen atoms in total. The maximum absolute atomic E-state index is 5.66. The average molecular weight is 238 g/mol. The van der Waals surface area contributed by atoms with Crippen LogP contribution in [0.3, 0.4) is 0 Å². The van der Waals surface area contributed by atoms with Gasteiger partial charge in [-0.1, -0.05) is 0 Å². The number of hydrogen-bond acceptors (Lipinski definition) is 1. The summed E-state index contributed by atoms with van der Waals surface area (Å²) in [5, 5.41) is 1.21. The maximum Gasteiger partial charge on any atom is 0.119 e. The fraction of sp³-hybridized carbons (Fsp3) is 0.385. The number of rotatable bonds is 5. The zero-order valence-electron chi connectivity index (χ0n) is 9.42. The van der Waals surface area contributed by atoms with Crippen LogP contribution in [0.25, 0.3) is 10.9 Å². The summed E-state index contributed by atoms with van der Waals surface area (Å²) in [6.07, 6.45) is 3.26.